The molecule has 0 radical (unpaired) electrons. The van der Waals surface area contributed by atoms with Crippen LogP contribution < -0.4 is 15.9 Å². The van der Waals surface area contributed by atoms with Crippen LogP contribution in [0, 0.1) is 0 Å². The van der Waals surface area contributed by atoms with Crippen LogP contribution in [-0.2, 0) is 0 Å². The second kappa shape index (κ2) is 9.14. The van der Waals surface area contributed by atoms with Crippen molar-refractivity contribution >= 4 is 31.8 Å². The predicted molar refractivity (Wildman–Crippen MR) is 124 cm³/mol. The molecule has 0 spiro atoms. The molecule has 0 bridgehead atoms. The summed E-state index contributed by atoms with van der Waals surface area (Å²) in [6.45, 7) is 2.50. The monoisotopic (exact) mass is 390 g/mol. The second-order valence-electron chi connectivity index (χ2n) is 7.45. The van der Waals surface area contributed by atoms with Gasteiger partial charge in [0.15, 0.2) is 0 Å². The summed E-state index contributed by atoms with van der Waals surface area (Å²) in [4.78, 5) is 0. The molecule has 0 nitrogen and oxygen atoms in total. The summed E-state index contributed by atoms with van der Waals surface area (Å²) in [5, 5.41) is 4.66. The first-order valence-electron chi connectivity index (χ1n) is 10.0. The van der Waals surface area contributed by atoms with E-state index >= 15 is 0 Å². The molecule has 3 aromatic rings. The minimum Gasteiger partial charge on any atom is -0.0721 e. The van der Waals surface area contributed by atoms with E-state index in [1.807, 2.05) is 0 Å². The summed E-state index contributed by atoms with van der Waals surface area (Å²) in [6.07, 6.45) is 5.60. The summed E-state index contributed by atoms with van der Waals surface area (Å²) < 4.78 is 0. The molecule has 0 saturated carbocycles. The average molecular weight is 390 g/mol. The number of hydrogen-bond donors (Lipinski definition) is 0. The Balaban J connectivity index is 1.58. The highest BCUT2D eigenvalue weighted by molar-refractivity contribution is 7.73. The zero-order chi connectivity index (χ0) is 18.5. The van der Waals surface area contributed by atoms with Crippen LogP contribution in [-0.4, -0.2) is 17.5 Å². The minimum atomic E-state index is -0.306. The van der Waals surface area contributed by atoms with Crippen LogP contribution in [0.15, 0.2) is 91.0 Å². The lowest BCUT2D eigenvalue weighted by Crippen LogP contribution is -2.23. The molecule has 3 atom stereocenters. The lowest BCUT2D eigenvalue weighted by atomic mass is 10.2. The molecule has 1 saturated heterocycles. The Morgan fingerprint density at radius 2 is 1.33 bits per heavy atom. The van der Waals surface area contributed by atoms with Gasteiger partial charge in [0, 0.05) is 0 Å². The maximum absolute atomic E-state index is 2.50. The third kappa shape index (κ3) is 4.51. The molecule has 0 N–H and O–H groups in total. The van der Waals surface area contributed by atoms with E-state index in [1.165, 1.54) is 36.0 Å². The Labute approximate surface area is 166 Å². The first kappa shape index (κ1) is 18.9. The van der Waals surface area contributed by atoms with Gasteiger partial charge < -0.3 is 0 Å². The van der Waals surface area contributed by atoms with Crippen molar-refractivity contribution in [3.05, 3.63) is 91.0 Å². The first-order chi connectivity index (χ1) is 13.3. The summed E-state index contributed by atoms with van der Waals surface area (Å²) in [5.41, 5.74) is 1.59. The van der Waals surface area contributed by atoms with Gasteiger partial charge in [-0.2, -0.15) is 0 Å². The zero-order valence-electron chi connectivity index (χ0n) is 16.0. The molecule has 0 aromatic heterocycles. The molecule has 0 aliphatic carbocycles. The number of rotatable bonds is 6. The maximum Gasteiger partial charge on any atom is -0.0151 e. The summed E-state index contributed by atoms with van der Waals surface area (Å²) in [7, 11) is -0.294. The fraction of sp³-hybridized carbons (Fsp3) is 0.280. The van der Waals surface area contributed by atoms with Crippen molar-refractivity contribution in [2.24, 2.45) is 0 Å². The summed E-state index contributed by atoms with van der Waals surface area (Å²) in [5.74, 6) is 0. The van der Waals surface area contributed by atoms with Crippen molar-refractivity contribution in [3.63, 3.8) is 0 Å². The first-order valence-corrected chi connectivity index (χ1v) is 13.0. The van der Waals surface area contributed by atoms with E-state index in [1.54, 1.807) is 5.30 Å². The maximum atomic E-state index is 2.50. The van der Waals surface area contributed by atoms with Crippen molar-refractivity contribution in [1.82, 2.24) is 0 Å². The van der Waals surface area contributed by atoms with Crippen LogP contribution in [0.4, 0.5) is 0 Å². The Morgan fingerprint density at radius 3 is 1.89 bits per heavy atom. The molecule has 3 aromatic carbocycles. The van der Waals surface area contributed by atoms with Crippen LogP contribution >= 0.6 is 15.8 Å². The van der Waals surface area contributed by atoms with Gasteiger partial charge in [0.2, 0.25) is 0 Å². The molecule has 0 unspecified atom stereocenters. The van der Waals surface area contributed by atoms with Crippen molar-refractivity contribution in [1.29, 1.82) is 0 Å². The standard InChI is InChI=1S/C25H28P2/c1-21(20-25-18-11-19-26(25)22-12-5-2-6-13-22)27(23-14-7-3-8-15-23)24-16-9-4-10-17-24/h2-10,12-17,21,25H,11,18-20H2,1H3/t21-,25+,26-/m1/s1. The Hall–Kier alpha value is -1.48. The Morgan fingerprint density at radius 1 is 0.815 bits per heavy atom. The third-order valence-corrected chi connectivity index (χ3v) is 11.5. The van der Waals surface area contributed by atoms with Gasteiger partial charge in [-0.3, -0.25) is 0 Å². The van der Waals surface area contributed by atoms with Gasteiger partial charge in [-0.05, 0) is 60.6 Å². The van der Waals surface area contributed by atoms with Gasteiger partial charge in [-0.1, -0.05) is 106 Å². The molecule has 1 fully saturated rings. The third-order valence-electron chi connectivity index (χ3n) is 5.59. The van der Waals surface area contributed by atoms with Crippen molar-refractivity contribution in [3.8, 4) is 0 Å². The van der Waals surface area contributed by atoms with Crippen LogP contribution in [0.25, 0.3) is 0 Å². The van der Waals surface area contributed by atoms with Gasteiger partial charge in [0.25, 0.3) is 0 Å². The second-order valence-corrected chi connectivity index (χ2v) is 12.7. The lowest BCUT2D eigenvalue weighted by molar-refractivity contribution is 0.706. The Kier molecular flexibility index (Phi) is 6.39. The lowest BCUT2D eigenvalue weighted by Gasteiger charge is -2.30. The predicted octanol–water partition coefficient (Wildman–Crippen LogP) is 5.87. The van der Waals surface area contributed by atoms with E-state index in [4.69, 9.17) is 0 Å². The molecule has 0 amide bonds. The van der Waals surface area contributed by atoms with Gasteiger partial charge in [-0.15, -0.1) is 0 Å². The molecule has 4 rings (SSSR count). The molecule has 1 aliphatic heterocycles. The van der Waals surface area contributed by atoms with Crippen LogP contribution in [0.3, 0.4) is 0 Å². The van der Waals surface area contributed by atoms with E-state index in [0.717, 1.165) is 5.66 Å². The smallest absolute Gasteiger partial charge is 0.0151 e. The number of hydrogen-bond acceptors (Lipinski definition) is 0. The van der Waals surface area contributed by atoms with Crippen molar-refractivity contribution in [2.45, 2.75) is 37.5 Å². The highest BCUT2D eigenvalue weighted by Crippen LogP contribution is 2.53. The van der Waals surface area contributed by atoms with E-state index in [-0.39, 0.29) is 15.8 Å². The SMILES string of the molecule is C[C@H](C[C@@H]1CCC[P@]1c1ccccc1)P(c1ccccc1)c1ccccc1. The van der Waals surface area contributed by atoms with E-state index in [0.29, 0.717) is 5.66 Å². The van der Waals surface area contributed by atoms with Crippen molar-refractivity contribution in [2.75, 3.05) is 6.16 Å². The molecular formula is C25H28P2. The van der Waals surface area contributed by atoms with E-state index in [2.05, 4.69) is 97.9 Å². The van der Waals surface area contributed by atoms with Crippen LogP contribution in [0.2, 0.25) is 0 Å². The highest BCUT2D eigenvalue weighted by atomic mass is 31.1. The molecule has 138 valence electrons. The van der Waals surface area contributed by atoms with Gasteiger partial charge in [0.1, 0.15) is 0 Å². The van der Waals surface area contributed by atoms with E-state index in [9.17, 15) is 0 Å². The molecule has 1 aliphatic rings. The normalized spacial score (nSPS) is 20.7. The summed E-state index contributed by atoms with van der Waals surface area (Å²) in [6, 6.07) is 33.8. The Bertz CT molecular complexity index is 777. The number of benzene rings is 3. The van der Waals surface area contributed by atoms with Crippen LogP contribution in [0.1, 0.15) is 26.2 Å². The minimum absolute atomic E-state index is 0.0116. The van der Waals surface area contributed by atoms with E-state index < -0.39 is 0 Å². The zero-order valence-corrected chi connectivity index (χ0v) is 17.8. The molecule has 2 heteroatoms. The fourth-order valence-electron chi connectivity index (χ4n) is 4.37. The van der Waals surface area contributed by atoms with Gasteiger partial charge in [0.05, 0.1) is 0 Å². The molecule has 27 heavy (non-hydrogen) atoms. The van der Waals surface area contributed by atoms with Crippen molar-refractivity contribution < 1.29 is 0 Å². The van der Waals surface area contributed by atoms with Gasteiger partial charge in [-0.25, -0.2) is 0 Å². The average Bonchev–Trinajstić information content (AvgIpc) is 3.18. The van der Waals surface area contributed by atoms with Crippen LogP contribution in [0.5, 0.6) is 0 Å². The largest absolute Gasteiger partial charge is 0.0721 e. The van der Waals surface area contributed by atoms with Gasteiger partial charge >= 0.3 is 0 Å². The highest BCUT2D eigenvalue weighted by Gasteiger charge is 2.32. The quantitative estimate of drug-likeness (QED) is 0.462. The fourth-order valence-corrected chi connectivity index (χ4v) is 10.5. The molecule has 1 heterocycles. The summed E-state index contributed by atoms with van der Waals surface area (Å²) >= 11 is 0. The molecular weight excluding hydrogens is 362 g/mol. The topological polar surface area (TPSA) is 0 Å².